The molecule has 0 aliphatic heterocycles. The van der Waals surface area contributed by atoms with Gasteiger partial charge in [-0.3, -0.25) is 9.69 Å². The zero-order valence-electron chi connectivity index (χ0n) is 8.36. The Bertz CT molecular complexity index is 224. The minimum atomic E-state index is -0.498. The van der Waals surface area contributed by atoms with E-state index in [9.17, 15) is 9.59 Å². The van der Waals surface area contributed by atoms with Crippen molar-refractivity contribution in [3.8, 4) is 0 Å². The molecule has 0 saturated heterocycles. The molecule has 0 spiro atoms. The summed E-state index contributed by atoms with van der Waals surface area (Å²) in [5.41, 5.74) is 5.07. The summed E-state index contributed by atoms with van der Waals surface area (Å²) >= 11 is 0. The molecule has 1 fully saturated rings. The maximum atomic E-state index is 11.3. The lowest BCUT2D eigenvalue weighted by Gasteiger charge is -2.25. The van der Waals surface area contributed by atoms with Gasteiger partial charge in [-0.2, -0.15) is 0 Å². The molecule has 0 bridgehead atoms. The first kappa shape index (κ1) is 10.8. The smallest absolute Gasteiger partial charge is 0.410 e. The number of amides is 2. The number of hydrogen-bond acceptors (Lipinski definition) is 3. The lowest BCUT2D eigenvalue weighted by atomic mass is 10.2. The van der Waals surface area contributed by atoms with Crippen LogP contribution in [0.15, 0.2) is 0 Å². The van der Waals surface area contributed by atoms with E-state index in [1.165, 1.54) is 12.0 Å². The first-order valence-electron chi connectivity index (χ1n) is 4.78. The molecule has 0 unspecified atom stereocenters. The Labute approximate surface area is 83.2 Å². The topological polar surface area (TPSA) is 72.6 Å². The van der Waals surface area contributed by atoms with Crippen LogP contribution in [0.25, 0.3) is 0 Å². The second-order valence-electron chi connectivity index (χ2n) is 3.50. The van der Waals surface area contributed by atoms with E-state index in [1.54, 1.807) is 0 Å². The number of primary amides is 1. The molecule has 1 rings (SSSR count). The van der Waals surface area contributed by atoms with Crippen LogP contribution in [0.5, 0.6) is 0 Å². The van der Waals surface area contributed by atoms with Crippen LogP contribution in [0.3, 0.4) is 0 Å². The Hall–Kier alpha value is -1.26. The number of methoxy groups -OCH3 is 1. The molecule has 1 aliphatic carbocycles. The van der Waals surface area contributed by atoms with E-state index in [0.717, 1.165) is 25.7 Å². The minimum absolute atomic E-state index is 0.0443. The standard InChI is InChI=1S/C9H16N2O3/c1-14-9(13)11(6-8(10)12)7-4-2-3-5-7/h7H,2-6H2,1H3,(H2,10,12). The van der Waals surface area contributed by atoms with E-state index in [-0.39, 0.29) is 12.6 Å². The molecule has 14 heavy (non-hydrogen) atoms. The SMILES string of the molecule is COC(=O)N(CC(N)=O)C1CCCC1. The third kappa shape index (κ3) is 2.61. The van der Waals surface area contributed by atoms with Gasteiger partial charge in [0.15, 0.2) is 0 Å². The molecular weight excluding hydrogens is 184 g/mol. The van der Waals surface area contributed by atoms with Crippen LogP contribution in [-0.4, -0.2) is 36.6 Å². The van der Waals surface area contributed by atoms with Crippen LogP contribution in [0.2, 0.25) is 0 Å². The lowest BCUT2D eigenvalue weighted by Crippen LogP contribution is -2.44. The normalized spacial score (nSPS) is 16.6. The van der Waals surface area contributed by atoms with Crippen molar-refractivity contribution < 1.29 is 14.3 Å². The van der Waals surface area contributed by atoms with Gasteiger partial charge in [0.1, 0.15) is 6.54 Å². The summed E-state index contributed by atoms with van der Waals surface area (Å²) < 4.78 is 4.60. The molecule has 2 N–H and O–H groups in total. The quantitative estimate of drug-likeness (QED) is 0.720. The van der Waals surface area contributed by atoms with Crippen LogP contribution in [0.1, 0.15) is 25.7 Å². The zero-order valence-corrected chi connectivity index (χ0v) is 8.36. The highest BCUT2D eigenvalue weighted by atomic mass is 16.5. The second kappa shape index (κ2) is 4.83. The van der Waals surface area contributed by atoms with Crippen molar-refractivity contribution in [3.63, 3.8) is 0 Å². The van der Waals surface area contributed by atoms with Crippen molar-refractivity contribution in [2.75, 3.05) is 13.7 Å². The molecule has 0 heterocycles. The van der Waals surface area contributed by atoms with E-state index in [1.807, 2.05) is 0 Å². The molecule has 80 valence electrons. The Morgan fingerprint density at radius 2 is 2.00 bits per heavy atom. The molecule has 0 aromatic carbocycles. The van der Waals surface area contributed by atoms with Gasteiger partial charge in [0.05, 0.1) is 7.11 Å². The van der Waals surface area contributed by atoms with E-state index < -0.39 is 12.0 Å². The van der Waals surface area contributed by atoms with Crippen LogP contribution in [-0.2, 0) is 9.53 Å². The van der Waals surface area contributed by atoms with Crippen molar-refractivity contribution in [3.05, 3.63) is 0 Å². The summed E-state index contributed by atoms with van der Waals surface area (Å²) in [6.45, 7) is -0.0443. The van der Waals surface area contributed by atoms with Crippen molar-refractivity contribution in [1.29, 1.82) is 0 Å². The largest absolute Gasteiger partial charge is 0.453 e. The average molecular weight is 200 g/mol. The zero-order chi connectivity index (χ0) is 10.6. The third-order valence-electron chi connectivity index (χ3n) is 2.50. The maximum absolute atomic E-state index is 11.3. The first-order valence-corrected chi connectivity index (χ1v) is 4.78. The van der Waals surface area contributed by atoms with Crippen LogP contribution in [0.4, 0.5) is 4.79 Å². The van der Waals surface area contributed by atoms with Crippen LogP contribution in [0, 0.1) is 0 Å². The van der Waals surface area contributed by atoms with E-state index in [4.69, 9.17) is 5.73 Å². The van der Waals surface area contributed by atoms with Gasteiger partial charge in [0, 0.05) is 6.04 Å². The minimum Gasteiger partial charge on any atom is -0.453 e. The highest BCUT2D eigenvalue weighted by Crippen LogP contribution is 2.23. The number of nitrogens with zero attached hydrogens (tertiary/aromatic N) is 1. The fourth-order valence-corrected chi connectivity index (χ4v) is 1.84. The molecule has 2 amide bonds. The van der Waals surface area contributed by atoms with Crippen molar-refractivity contribution in [2.24, 2.45) is 5.73 Å². The van der Waals surface area contributed by atoms with Gasteiger partial charge in [-0.1, -0.05) is 12.8 Å². The highest BCUT2D eigenvalue weighted by Gasteiger charge is 2.28. The number of carbonyl (C=O) groups excluding carboxylic acids is 2. The third-order valence-corrected chi connectivity index (χ3v) is 2.50. The molecule has 1 saturated carbocycles. The van der Waals surface area contributed by atoms with Crippen LogP contribution >= 0.6 is 0 Å². The number of rotatable bonds is 3. The average Bonchev–Trinajstić information content (AvgIpc) is 2.65. The number of ether oxygens (including phenoxy) is 1. The molecule has 5 heteroatoms. The lowest BCUT2D eigenvalue weighted by molar-refractivity contribution is -0.119. The van der Waals surface area contributed by atoms with E-state index in [0.29, 0.717) is 0 Å². The predicted octanol–water partition coefficient (Wildman–Crippen LogP) is 0.483. The van der Waals surface area contributed by atoms with Gasteiger partial charge < -0.3 is 10.5 Å². The Morgan fingerprint density at radius 3 is 2.43 bits per heavy atom. The molecule has 0 aromatic rings. The van der Waals surface area contributed by atoms with Crippen molar-refractivity contribution in [1.82, 2.24) is 4.90 Å². The van der Waals surface area contributed by atoms with Gasteiger partial charge in [-0.25, -0.2) is 4.79 Å². The number of nitrogens with two attached hydrogens (primary N) is 1. The monoisotopic (exact) mass is 200 g/mol. The molecular formula is C9H16N2O3. The summed E-state index contributed by atoms with van der Waals surface area (Å²) in [5, 5.41) is 0. The summed E-state index contributed by atoms with van der Waals surface area (Å²) in [7, 11) is 1.31. The van der Waals surface area contributed by atoms with Crippen molar-refractivity contribution >= 4 is 12.0 Å². The van der Waals surface area contributed by atoms with E-state index in [2.05, 4.69) is 4.74 Å². The van der Waals surface area contributed by atoms with Gasteiger partial charge in [-0.05, 0) is 12.8 Å². The first-order chi connectivity index (χ1) is 6.65. The maximum Gasteiger partial charge on any atom is 0.410 e. The summed E-state index contributed by atoms with van der Waals surface area (Å²) in [6.07, 6.45) is 3.59. The molecule has 0 atom stereocenters. The highest BCUT2D eigenvalue weighted by molar-refractivity contribution is 5.80. The fraction of sp³-hybridized carbons (Fsp3) is 0.778. The van der Waals surface area contributed by atoms with Crippen molar-refractivity contribution in [2.45, 2.75) is 31.7 Å². The molecule has 0 aromatic heterocycles. The molecule has 5 nitrogen and oxygen atoms in total. The summed E-state index contributed by atoms with van der Waals surface area (Å²) in [6, 6.07) is 0.120. The second-order valence-corrected chi connectivity index (χ2v) is 3.50. The fourth-order valence-electron chi connectivity index (χ4n) is 1.84. The van der Waals surface area contributed by atoms with Gasteiger partial charge in [-0.15, -0.1) is 0 Å². The number of hydrogen-bond donors (Lipinski definition) is 1. The van der Waals surface area contributed by atoms with Gasteiger partial charge >= 0.3 is 6.09 Å². The number of carbonyl (C=O) groups is 2. The summed E-state index contributed by atoms with van der Waals surface area (Å²) in [5.74, 6) is -0.498. The van der Waals surface area contributed by atoms with Gasteiger partial charge in [0.2, 0.25) is 5.91 Å². The van der Waals surface area contributed by atoms with Gasteiger partial charge in [0.25, 0.3) is 0 Å². The Balaban J connectivity index is 2.59. The van der Waals surface area contributed by atoms with E-state index >= 15 is 0 Å². The summed E-state index contributed by atoms with van der Waals surface area (Å²) in [4.78, 5) is 23.5. The molecule has 1 aliphatic rings. The van der Waals surface area contributed by atoms with Crippen LogP contribution < -0.4 is 5.73 Å². The Kier molecular flexibility index (Phi) is 3.73. The predicted molar refractivity (Wildman–Crippen MR) is 50.6 cm³/mol. The molecule has 0 radical (unpaired) electrons. The Morgan fingerprint density at radius 1 is 1.43 bits per heavy atom.